The summed E-state index contributed by atoms with van der Waals surface area (Å²) in [5.41, 5.74) is 1.26. The fourth-order valence-corrected chi connectivity index (χ4v) is 3.22. The van der Waals surface area contributed by atoms with Crippen LogP contribution in [0.3, 0.4) is 0 Å². The molecule has 1 aromatic heterocycles. The molecule has 0 spiro atoms. The fourth-order valence-electron chi connectivity index (χ4n) is 2.24. The zero-order chi connectivity index (χ0) is 19.7. The number of rotatable bonds is 4. The Balaban J connectivity index is 1.78. The van der Waals surface area contributed by atoms with E-state index < -0.39 is 15.4 Å². The van der Waals surface area contributed by atoms with Gasteiger partial charge in [-0.1, -0.05) is 32.9 Å². The van der Waals surface area contributed by atoms with Crippen LogP contribution in [0.2, 0.25) is 0 Å². The van der Waals surface area contributed by atoms with Crippen LogP contribution in [0, 0.1) is 5.41 Å². The van der Waals surface area contributed by atoms with E-state index in [0.717, 1.165) is 0 Å². The van der Waals surface area contributed by atoms with Gasteiger partial charge in [-0.2, -0.15) is 0 Å². The number of benzene rings is 2. The molecule has 3 aromatic rings. The highest BCUT2D eigenvalue weighted by atomic mass is 32.2. The third-order valence-corrected chi connectivity index (χ3v) is 5.16. The van der Waals surface area contributed by atoms with Gasteiger partial charge in [0.25, 0.3) is 10.0 Å². The number of amides is 1. The van der Waals surface area contributed by atoms with E-state index in [0.29, 0.717) is 16.7 Å². The van der Waals surface area contributed by atoms with Crippen LogP contribution in [-0.2, 0) is 14.8 Å². The Labute approximate surface area is 157 Å². The molecule has 3 rings (SSSR count). The molecule has 0 radical (unpaired) electrons. The number of aromatic nitrogens is 2. The van der Waals surface area contributed by atoms with Crippen molar-refractivity contribution in [2.45, 2.75) is 25.7 Å². The van der Waals surface area contributed by atoms with E-state index in [4.69, 9.17) is 0 Å². The van der Waals surface area contributed by atoms with Crippen molar-refractivity contribution in [2.24, 2.45) is 5.41 Å². The Morgan fingerprint density at radius 1 is 0.963 bits per heavy atom. The average molecular weight is 384 g/mol. The number of fused-ring (bicyclic) bond motifs is 1. The van der Waals surface area contributed by atoms with E-state index in [9.17, 15) is 13.2 Å². The first-order valence-corrected chi connectivity index (χ1v) is 9.80. The molecule has 1 amide bonds. The maximum absolute atomic E-state index is 12.6. The second-order valence-corrected chi connectivity index (χ2v) is 8.76. The molecule has 1 heterocycles. The summed E-state index contributed by atoms with van der Waals surface area (Å²) in [6, 6.07) is 13.1. The van der Waals surface area contributed by atoms with Gasteiger partial charge < -0.3 is 5.32 Å². The van der Waals surface area contributed by atoms with Crippen LogP contribution in [0.1, 0.15) is 20.8 Å². The molecule has 8 heteroatoms. The van der Waals surface area contributed by atoms with Crippen LogP contribution in [0.5, 0.6) is 0 Å². The predicted octanol–water partition coefficient (Wildman–Crippen LogP) is 3.42. The van der Waals surface area contributed by atoms with Crippen molar-refractivity contribution in [3.8, 4) is 0 Å². The number of carbonyl (C=O) groups excluding carboxylic acids is 1. The number of nitrogens with zero attached hydrogens (tertiary/aromatic N) is 2. The van der Waals surface area contributed by atoms with Crippen LogP contribution in [-0.4, -0.2) is 24.3 Å². The fraction of sp³-hybridized carbons (Fsp3) is 0.211. The molecule has 0 aliphatic heterocycles. The molecule has 0 bridgehead atoms. The van der Waals surface area contributed by atoms with Gasteiger partial charge in [0.15, 0.2) is 5.82 Å². The van der Waals surface area contributed by atoms with Crippen LogP contribution in [0.25, 0.3) is 11.0 Å². The van der Waals surface area contributed by atoms with Gasteiger partial charge in [0.1, 0.15) is 0 Å². The Kier molecular flexibility index (Phi) is 4.84. The predicted molar refractivity (Wildman–Crippen MR) is 105 cm³/mol. The van der Waals surface area contributed by atoms with E-state index in [1.54, 1.807) is 51.1 Å². The Morgan fingerprint density at radius 3 is 2.22 bits per heavy atom. The molecule has 140 valence electrons. The molecule has 2 N–H and O–H groups in total. The molecule has 0 atom stereocenters. The smallest absolute Gasteiger partial charge is 0.263 e. The zero-order valence-electron chi connectivity index (χ0n) is 15.2. The topological polar surface area (TPSA) is 101 Å². The van der Waals surface area contributed by atoms with Gasteiger partial charge in [0.05, 0.1) is 22.1 Å². The highest BCUT2D eigenvalue weighted by Crippen LogP contribution is 2.21. The van der Waals surface area contributed by atoms with Crippen molar-refractivity contribution in [3.63, 3.8) is 0 Å². The summed E-state index contributed by atoms with van der Waals surface area (Å²) < 4.78 is 27.6. The SMILES string of the molecule is CC(C)(C)C(=O)Nc1ccc(S(=O)(=O)Nc2cnc3ccccc3n2)cc1. The first-order valence-electron chi connectivity index (χ1n) is 8.31. The van der Waals surface area contributed by atoms with Crippen molar-refractivity contribution < 1.29 is 13.2 Å². The van der Waals surface area contributed by atoms with Crippen LogP contribution in [0.15, 0.2) is 59.6 Å². The van der Waals surface area contributed by atoms with Gasteiger partial charge >= 0.3 is 0 Å². The minimum atomic E-state index is -3.82. The summed E-state index contributed by atoms with van der Waals surface area (Å²) in [4.78, 5) is 20.5. The molecule has 2 aromatic carbocycles. The zero-order valence-corrected chi connectivity index (χ0v) is 16.0. The highest BCUT2D eigenvalue weighted by Gasteiger charge is 2.21. The maximum Gasteiger partial charge on any atom is 0.263 e. The van der Waals surface area contributed by atoms with Crippen LogP contribution in [0.4, 0.5) is 11.5 Å². The molecular weight excluding hydrogens is 364 g/mol. The van der Waals surface area contributed by atoms with Gasteiger partial charge in [-0.25, -0.2) is 13.4 Å². The first kappa shape index (κ1) is 18.8. The average Bonchev–Trinajstić information content (AvgIpc) is 2.61. The third kappa shape index (κ3) is 4.40. The second kappa shape index (κ2) is 6.96. The van der Waals surface area contributed by atoms with E-state index in [-0.39, 0.29) is 16.6 Å². The van der Waals surface area contributed by atoms with Gasteiger partial charge in [-0.3, -0.25) is 14.5 Å². The molecule has 0 fully saturated rings. The molecule has 27 heavy (non-hydrogen) atoms. The van der Waals surface area contributed by atoms with Gasteiger partial charge in [-0.15, -0.1) is 0 Å². The molecular formula is C19H20N4O3S. The normalized spacial score (nSPS) is 12.0. The minimum absolute atomic E-state index is 0.0613. The molecule has 0 aliphatic rings. The van der Waals surface area contributed by atoms with Gasteiger partial charge in [0, 0.05) is 11.1 Å². The lowest BCUT2D eigenvalue weighted by Crippen LogP contribution is -2.27. The van der Waals surface area contributed by atoms with Crippen molar-refractivity contribution >= 4 is 38.5 Å². The standard InChI is InChI=1S/C19H20N4O3S/c1-19(2,3)18(24)21-13-8-10-14(11-9-13)27(25,26)23-17-12-20-15-6-4-5-7-16(15)22-17/h4-12H,1-3H3,(H,21,24)(H,22,23). The molecule has 0 saturated heterocycles. The van der Waals surface area contributed by atoms with Gasteiger partial charge in [-0.05, 0) is 36.4 Å². The van der Waals surface area contributed by atoms with E-state index in [1.807, 2.05) is 6.07 Å². The third-order valence-electron chi connectivity index (χ3n) is 3.79. The van der Waals surface area contributed by atoms with E-state index in [1.165, 1.54) is 18.3 Å². The Morgan fingerprint density at radius 2 is 1.59 bits per heavy atom. The van der Waals surface area contributed by atoms with Gasteiger partial charge in [0.2, 0.25) is 5.91 Å². The summed E-state index contributed by atoms with van der Waals surface area (Å²) in [7, 11) is -3.82. The van der Waals surface area contributed by atoms with Crippen LogP contribution < -0.4 is 10.0 Å². The summed E-state index contributed by atoms with van der Waals surface area (Å²) in [5.74, 6) is -0.0125. The Hall–Kier alpha value is -3.00. The quantitative estimate of drug-likeness (QED) is 0.718. The van der Waals surface area contributed by atoms with Crippen molar-refractivity contribution in [1.82, 2.24) is 9.97 Å². The number of hydrogen-bond donors (Lipinski definition) is 2. The lowest BCUT2D eigenvalue weighted by molar-refractivity contribution is -0.123. The summed E-state index contributed by atoms with van der Waals surface area (Å²) in [5, 5.41) is 2.75. The summed E-state index contributed by atoms with van der Waals surface area (Å²) in [6.45, 7) is 5.40. The monoisotopic (exact) mass is 384 g/mol. The summed E-state index contributed by atoms with van der Waals surface area (Å²) in [6.07, 6.45) is 1.37. The van der Waals surface area contributed by atoms with Crippen molar-refractivity contribution in [1.29, 1.82) is 0 Å². The maximum atomic E-state index is 12.6. The first-order chi connectivity index (χ1) is 12.6. The number of anilines is 2. The molecule has 7 nitrogen and oxygen atoms in total. The second-order valence-electron chi connectivity index (χ2n) is 7.08. The number of para-hydroxylation sites is 2. The Bertz CT molecular complexity index is 1090. The van der Waals surface area contributed by atoms with E-state index in [2.05, 4.69) is 20.0 Å². The number of carbonyl (C=O) groups is 1. The highest BCUT2D eigenvalue weighted by molar-refractivity contribution is 7.92. The molecule has 0 unspecified atom stereocenters. The summed E-state index contributed by atoms with van der Waals surface area (Å²) >= 11 is 0. The van der Waals surface area contributed by atoms with Crippen molar-refractivity contribution in [2.75, 3.05) is 10.0 Å². The number of sulfonamides is 1. The lowest BCUT2D eigenvalue weighted by Gasteiger charge is -2.17. The van der Waals surface area contributed by atoms with Crippen molar-refractivity contribution in [3.05, 3.63) is 54.7 Å². The number of hydrogen-bond acceptors (Lipinski definition) is 5. The van der Waals surface area contributed by atoms with E-state index >= 15 is 0 Å². The molecule has 0 saturated carbocycles. The lowest BCUT2D eigenvalue weighted by atomic mass is 9.95. The molecule has 0 aliphatic carbocycles. The number of nitrogens with one attached hydrogen (secondary N) is 2. The minimum Gasteiger partial charge on any atom is -0.326 e. The van der Waals surface area contributed by atoms with Crippen LogP contribution >= 0.6 is 0 Å². The largest absolute Gasteiger partial charge is 0.326 e.